The summed E-state index contributed by atoms with van der Waals surface area (Å²) in [6, 6.07) is 11.2. The van der Waals surface area contributed by atoms with E-state index in [9.17, 15) is 14.7 Å². The summed E-state index contributed by atoms with van der Waals surface area (Å²) in [5.41, 5.74) is 1.82. The molecule has 0 spiro atoms. The van der Waals surface area contributed by atoms with E-state index in [1.807, 2.05) is 43.3 Å². The summed E-state index contributed by atoms with van der Waals surface area (Å²) < 4.78 is 8.92. The minimum atomic E-state index is -1.12. The quantitative estimate of drug-likeness (QED) is 0.762. The number of pyridine rings is 1. The number of carboxylic acids is 1. The molecular weight excluding hydrogens is 332 g/mol. The summed E-state index contributed by atoms with van der Waals surface area (Å²) >= 11 is 0. The molecule has 2 heterocycles. The summed E-state index contributed by atoms with van der Waals surface area (Å²) in [4.78, 5) is 25.2. The first-order chi connectivity index (χ1) is 12.4. The highest BCUT2D eigenvalue weighted by atomic mass is 16.5. The lowest BCUT2D eigenvalue weighted by Gasteiger charge is -2.13. The molecule has 26 heavy (non-hydrogen) atoms. The Hall–Kier alpha value is -3.02. The van der Waals surface area contributed by atoms with Crippen molar-refractivity contribution in [1.82, 2.24) is 9.13 Å². The number of aromatic nitrogens is 2. The first kappa shape index (κ1) is 17.8. The van der Waals surface area contributed by atoms with Crippen molar-refractivity contribution in [1.29, 1.82) is 0 Å². The molecule has 6 heteroatoms. The van der Waals surface area contributed by atoms with E-state index in [2.05, 4.69) is 0 Å². The van der Waals surface area contributed by atoms with Crippen LogP contribution in [0, 0.1) is 0 Å². The number of nitrogens with zero attached hydrogens (tertiary/aromatic N) is 2. The van der Waals surface area contributed by atoms with Gasteiger partial charge in [0.15, 0.2) is 11.4 Å². The Balaban J connectivity index is 2.48. The van der Waals surface area contributed by atoms with E-state index in [1.54, 1.807) is 25.5 Å². The third-order valence-electron chi connectivity index (χ3n) is 4.34. The maximum absolute atomic E-state index is 13.4. The molecule has 1 N–H and O–H groups in total. The van der Waals surface area contributed by atoms with Crippen molar-refractivity contribution in [2.24, 2.45) is 7.05 Å². The van der Waals surface area contributed by atoms with Gasteiger partial charge >= 0.3 is 5.97 Å². The van der Waals surface area contributed by atoms with Gasteiger partial charge in [-0.05, 0) is 38.5 Å². The number of carbonyl (C=O) groups is 1. The smallest absolute Gasteiger partial charge is 0.356 e. The second-order valence-corrected chi connectivity index (χ2v) is 6.43. The van der Waals surface area contributed by atoms with E-state index < -0.39 is 5.97 Å². The maximum atomic E-state index is 13.4. The van der Waals surface area contributed by atoms with E-state index in [0.29, 0.717) is 17.3 Å². The summed E-state index contributed by atoms with van der Waals surface area (Å²) in [5.74, 6) is -0.995. The van der Waals surface area contributed by atoms with Gasteiger partial charge in [-0.25, -0.2) is 4.79 Å². The second-order valence-electron chi connectivity index (χ2n) is 6.43. The molecule has 0 fully saturated rings. The number of fused-ring (bicyclic) bond motifs is 1. The zero-order valence-corrected chi connectivity index (χ0v) is 15.3. The highest BCUT2D eigenvalue weighted by molar-refractivity contribution is 6.00. The average Bonchev–Trinajstić information content (AvgIpc) is 2.87. The van der Waals surface area contributed by atoms with E-state index >= 15 is 0 Å². The molecular formula is C20H22N2O4. The molecule has 0 saturated heterocycles. The molecule has 0 aliphatic heterocycles. The van der Waals surface area contributed by atoms with Crippen LogP contribution in [0.25, 0.3) is 16.6 Å². The highest BCUT2D eigenvalue weighted by Crippen LogP contribution is 2.32. The molecule has 3 rings (SSSR count). The molecule has 3 aromatic rings. The molecule has 0 amide bonds. The molecule has 0 unspecified atom stereocenters. The Morgan fingerprint density at radius 3 is 2.42 bits per heavy atom. The summed E-state index contributed by atoms with van der Waals surface area (Å²) in [6.07, 6.45) is 0.378. The van der Waals surface area contributed by atoms with E-state index in [0.717, 1.165) is 11.4 Å². The number of carboxylic acid groups (broad SMARTS) is 1. The third kappa shape index (κ3) is 2.77. The van der Waals surface area contributed by atoms with Gasteiger partial charge in [0.1, 0.15) is 5.39 Å². The Bertz CT molecular complexity index is 1030. The predicted molar refractivity (Wildman–Crippen MR) is 101 cm³/mol. The van der Waals surface area contributed by atoms with Gasteiger partial charge in [-0.2, -0.15) is 0 Å². The lowest BCUT2D eigenvalue weighted by Crippen LogP contribution is -2.22. The molecule has 0 aliphatic rings. The van der Waals surface area contributed by atoms with Gasteiger partial charge in [0.2, 0.25) is 0 Å². The topological polar surface area (TPSA) is 73.5 Å². The molecule has 0 radical (unpaired) electrons. The normalized spacial score (nSPS) is 11.3. The highest BCUT2D eigenvalue weighted by Gasteiger charge is 2.27. The van der Waals surface area contributed by atoms with Gasteiger partial charge < -0.3 is 14.4 Å². The van der Waals surface area contributed by atoms with E-state index in [1.165, 1.54) is 4.57 Å². The van der Waals surface area contributed by atoms with Crippen LogP contribution in [0.2, 0.25) is 0 Å². The fraction of sp³-hybridized carbons (Fsp3) is 0.300. The Morgan fingerprint density at radius 2 is 1.88 bits per heavy atom. The number of aryl methyl sites for hydroxylation is 2. The molecule has 0 atom stereocenters. The van der Waals surface area contributed by atoms with Crippen LogP contribution in [0.4, 0.5) is 0 Å². The fourth-order valence-corrected chi connectivity index (χ4v) is 3.23. The molecule has 0 saturated carbocycles. The zero-order chi connectivity index (χ0) is 19.0. The lowest BCUT2D eigenvalue weighted by atomic mass is 10.2. The van der Waals surface area contributed by atoms with Crippen LogP contribution < -0.4 is 10.3 Å². The number of hydrogen-bond donors (Lipinski definition) is 1. The summed E-state index contributed by atoms with van der Waals surface area (Å²) in [7, 11) is 1.64. The van der Waals surface area contributed by atoms with Crippen LogP contribution in [0.15, 0.2) is 41.2 Å². The van der Waals surface area contributed by atoms with Gasteiger partial charge in [-0.15, -0.1) is 0 Å². The Morgan fingerprint density at radius 1 is 1.23 bits per heavy atom. The average molecular weight is 354 g/mol. The Labute approximate surface area is 151 Å². The van der Waals surface area contributed by atoms with E-state index in [4.69, 9.17) is 4.74 Å². The number of aromatic carboxylic acids is 1. The second kappa shape index (κ2) is 6.71. The van der Waals surface area contributed by atoms with Gasteiger partial charge in [0.25, 0.3) is 5.56 Å². The van der Waals surface area contributed by atoms with Crippen molar-refractivity contribution in [2.45, 2.75) is 33.3 Å². The van der Waals surface area contributed by atoms with Gasteiger partial charge in [0.05, 0.1) is 11.6 Å². The van der Waals surface area contributed by atoms with Gasteiger partial charge in [0, 0.05) is 18.4 Å². The minimum Gasteiger partial charge on any atom is -0.488 e. The van der Waals surface area contributed by atoms with Crippen molar-refractivity contribution in [3.8, 4) is 11.4 Å². The molecule has 1 aromatic carbocycles. The Kier molecular flexibility index (Phi) is 4.59. The van der Waals surface area contributed by atoms with Crippen LogP contribution in [-0.2, 0) is 13.5 Å². The van der Waals surface area contributed by atoms with Crippen molar-refractivity contribution in [3.63, 3.8) is 0 Å². The van der Waals surface area contributed by atoms with Crippen LogP contribution in [0.5, 0.6) is 5.75 Å². The monoisotopic (exact) mass is 354 g/mol. The van der Waals surface area contributed by atoms with Gasteiger partial charge in [-0.3, -0.25) is 9.36 Å². The fourth-order valence-electron chi connectivity index (χ4n) is 3.23. The van der Waals surface area contributed by atoms with Crippen molar-refractivity contribution in [3.05, 3.63) is 58.1 Å². The number of hydrogen-bond acceptors (Lipinski definition) is 3. The van der Waals surface area contributed by atoms with Crippen LogP contribution >= 0.6 is 0 Å². The molecule has 6 nitrogen and oxygen atoms in total. The van der Waals surface area contributed by atoms with Crippen molar-refractivity contribution < 1.29 is 14.6 Å². The SMILES string of the molecule is CCc1cc2c(c(OC(C)C)c(C(=O)O)n2C)c(=O)n1-c1ccccc1. The maximum Gasteiger partial charge on any atom is 0.356 e. The molecule has 2 aromatic heterocycles. The molecule has 136 valence electrons. The standard InChI is InChI=1S/C20H22N2O4/c1-5-13-11-15-16(19(23)22(13)14-9-7-6-8-10-14)18(26-12(2)3)17(20(24)25)21(15)4/h6-12H,5H2,1-4H3,(H,24,25). The number of para-hydroxylation sites is 1. The van der Waals surface area contributed by atoms with Crippen molar-refractivity contribution in [2.75, 3.05) is 0 Å². The lowest BCUT2D eigenvalue weighted by molar-refractivity contribution is 0.0680. The molecule has 0 aliphatic carbocycles. The first-order valence-electron chi connectivity index (χ1n) is 8.59. The van der Waals surface area contributed by atoms with Gasteiger partial charge in [-0.1, -0.05) is 25.1 Å². The number of ether oxygens (including phenoxy) is 1. The van der Waals surface area contributed by atoms with Crippen LogP contribution in [0.1, 0.15) is 37.0 Å². The largest absolute Gasteiger partial charge is 0.488 e. The summed E-state index contributed by atoms with van der Waals surface area (Å²) in [6.45, 7) is 5.58. The number of benzene rings is 1. The van der Waals surface area contributed by atoms with Crippen LogP contribution in [0.3, 0.4) is 0 Å². The van der Waals surface area contributed by atoms with Crippen molar-refractivity contribution >= 4 is 16.9 Å². The van der Waals surface area contributed by atoms with Crippen LogP contribution in [-0.4, -0.2) is 26.3 Å². The minimum absolute atomic E-state index is 0.0151. The predicted octanol–water partition coefficient (Wildman–Crippen LogP) is 3.38. The molecule has 0 bridgehead atoms. The van der Waals surface area contributed by atoms with E-state index in [-0.39, 0.29) is 23.1 Å². The third-order valence-corrected chi connectivity index (χ3v) is 4.34. The zero-order valence-electron chi connectivity index (χ0n) is 15.3. The number of rotatable bonds is 5. The summed E-state index contributed by atoms with van der Waals surface area (Å²) in [5, 5.41) is 9.95. The first-order valence-corrected chi connectivity index (χ1v) is 8.59.